The van der Waals surface area contributed by atoms with Gasteiger partial charge in [0, 0.05) is 41.5 Å². The minimum Gasteiger partial charge on any atom is -0.398 e. The van der Waals surface area contributed by atoms with Crippen LogP contribution in [0.2, 0.25) is 0 Å². The largest absolute Gasteiger partial charge is 0.398 e. The number of nitrogen functional groups attached to an aromatic ring is 1. The van der Waals surface area contributed by atoms with Crippen LogP contribution in [-0.4, -0.2) is 29.0 Å². The van der Waals surface area contributed by atoms with Crippen molar-refractivity contribution in [3.8, 4) is 0 Å². The summed E-state index contributed by atoms with van der Waals surface area (Å²) in [5.74, 6) is 0.555. The lowest BCUT2D eigenvalue weighted by Gasteiger charge is -2.25. The zero-order valence-corrected chi connectivity index (χ0v) is 15.6. The van der Waals surface area contributed by atoms with Gasteiger partial charge in [0.15, 0.2) is 0 Å². The lowest BCUT2D eigenvalue weighted by Crippen LogP contribution is -2.34. The number of hydrogen-bond donors (Lipinski definition) is 3. The highest BCUT2D eigenvalue weighted by molar-refractivity contribution is 6.05. The second-order valence-corrected chi connectivity index (χ2v) is 7.13. The average Bonchev–Trinajstić information content (AvgIpc) is 2.89. The van der Waals surface area contributed by atoms with Crippen LogP contribution in [0.1, 0.15) is 39.2 Å². The number of pyridine rings is 1. The number of nitrogens with zero attached hydrogens (tertiary/aromatic N) is 2. The van der Waals surface area contributed by atoms with Crippen molar-refractivity contribution in [1.82, 2.24) is 10.3 Å². The Balaban J connectivity index is 2.03. The van der Waals surface area contributed by atoms with E-state index in [2.05, 4.69) is 15.6 Å². The maximum Gasteiger partial charge on any atom is 0.320 e. The predicted molar refractivity (Wildman–Crippen MR) is 104 cm³/mol. The second kappa shape index (κ2) is 6.82. The summed E-state index contributed by atoms with van der Waals surface area (Å²) in [4.78, 5) is 30.3. The van der Waals surface area contributed by atoms with Crippen molar-refractivity contribution < 1.29 is 9.59 Å². The molecule has 1 aliphatic heterocycles. The van der Waals surface area contributed by atoms with E-state index in [0.717, 1.165) is 28.4 Å². The van der Waals surface area contributed by atoms with Gasteiger partial charge in [0.05, 0.1) is 0 Å². The Morgan fingerprint density at radius 2 is 2.08 bits per heavy atom. The van der Waals surface area contributed by atoms with Crippen LogP contribution in [0.15, 0.2) is 18.3 Å². The summed E-state index contributed by atoms with van der Waals surface area (Å²) in [6, 6.07) is 3.51. The third kappa shape index (κ3) is 3.29. The Morgan fingerprint density at radius 3 is 2.69 bits per heavy atom. The van der Waals surface area contributed by atoms with Gasteiger partial charge in [-0.1, -0.05) is 0 Å². The zero-order valence-electron chi connectivity index (χ0n) is 15.6. The van der Waals surface area contributed by atoms with Crippen LogP contribution in [0.5, 0.6) is 0 Å². The number of amides is 3. The highest BCUT2D eigenvalue weighted by atomic mass is 16.2. The lowest BCUT2D eigenvalue weighted by atomic mass is 10.0. The molecule has 2 heterocycles. The lowest BCUT2D eigenvalue weighted by molar-refractivity contribution is -0.117. The summed E-state index contributed by atoms with van der Waals surface area (Å²) in [7, 11) is 0. The number of anilines is 3. The van der Waals surface area contributed by atoms with Crippen molar-refractivity contribution in [3.63, 3.8) is 0 Å². The molecule has 1 unspecified atom stereocenters. The minimum atomic E-state index is -0.308. The molecule has 0 saturated carbocycles. The molecule has 2 aromatic rings. The van der Waals surface area contributed by atoms with E-state index in [9.17, 15) is 9.59 Å². The van der Waals surface area contributed by atoms with Crippen LogP contribution in [0.3, 0.4) is 0 Å². The Morgan fingerprint density at radius 1 is 1.35 bits per heavy atom. The number of hydrogen-bond acceptors (Lipinski definition) is 4. The molecule has 4 N–H and O–H groups in total. The van der Waals surface area contributed by atoms with Gasteiger partial charge < -0.3 is 16.0 Å². The molecule has 1 atom stereocenters. The van der Waals surface area contributed by atoms with Gasteiger partial charge in [-0.25, -0.2) is 9.78 Å². The summed E-state index contributed by atoms with van der Waals surface area (Å²) in [6.07, 6.45) is 3.05. The summed E-state index contributed by atoms with van der Waals surface area (Å²) in [5, 5.41) is 7.18. The molecule has 3 amide bonds. The van der Waals surface area contributed by atoms with Crippen LogP contribution < -0.4 is 21.3 Å². The molecule has 0 aliphatic carbocycles. The normalized spacial score (nSPS) is 17.2. The number of fused-ring (bicyclic) bond motifs is 1. The molecule has 1 aliphatic rings. The highest BCUT2D eigenvalue weighted by Crippen LogP contribution is 2.37. The average molecular weight is 355 g/mol. The van der Waals surface area contributed by atoms with E-state index in [0.29, 0.717) is 17.9 Å². The van der Waals surface area contributed by atoms with E-state index < -0.39 is 0 Å². The van der Waals surface area contributed by atoms with Crippen LogP contribution in [-0.2, 0) is 4.79 Å². The molecule has 3 rings (SSSR count). The van der Waals surface area contributed by atoms with Gasteiger partial charge in [0.2, 0.25) is 5.91 Å². The quantitative estimate of drug-likeness (QED) is 0.736. The van der Waals surface area contributed by atoms with Gasteiger partial charge >= 0.3 is 6.03 Å². The predicted octanol–water partition coefficient (Wildman–Crippen LogP) is 3.17. The number of nitrogens with one attached hydrogen (secondary N) is 2. The monoisotopic (exact) mass is 355 g/mol. The fraction of sp³-hybridized carbons (Fsp3) is 0.421. The van der Waals surface area contributed by atoms with Crippen molar-refractivity contribution in [2.75, 3.05) is 16.0 Å². The molecular weight excluding hydrogens is 330 g/mol. The first-order valence-corrected chi connectivity index (χ1v) is 8.86. The number of carbonyl (C=O) groups excluding carboxylic acids is 2. The van der Waals surface area contributed by atoms with Gasteiger partial charge in [-0.3, -0.25) is 10.1 Å². The zero-order chi connectivity index (χ0) is 19.0. The summed E-state index contributed by atoms with van der Waals surface area (Å²) in [5.41, 5.74) is 8.57. The number of urea groups is 1. The van der Waals surface area contributed by atoms with Gasteiger partial charge in [-0.2, -0.15) is 0 Å². The number of carbonyl (C=O) groups is 2. The van der Waals surface area contributed by atoms with Crippen molar-refractivity contribution in [3.05, 3.63) is 23.9 Å². The third-order valence-corrected chi connectivity index (χ3v) is 4.70. The molecule has 0 spiro atoms. The summed E-state index contributed by atoms with van der Waals surface area (Å²) < 4.78 is 0. The van der Waals surface area contributed by atoms with E-state index in [4.69, 9.17) is 5.73 Å². The fourth-order valence-electron chi connectivity index (χ4n) is 3.40. The van der Waals surface area contributed by atoms with E-state index >= 15 is 0 Å². The number of nitrogens with two attached hydrogens (primary N) is 1. The number of rotatable bonds is 3. The number of benzene rings is 1. The van der Waals surface area contributed by atoms with Gasteiger partial charge in [-0.05, 0) is 57.2 Å². The second-order valence-electron chi connectivity index (χ2n) is 7.13. The molecule has 1 aromatic heterocycles. The molecule has 1 fully saturated rings. The maximum absolute atomic E-state index is 12.3. The van der Waals surface area contributed by atoms with E-state index in [1.165, 1.54) is 0 Å². The molecule has 0 bridgehead atoms. The molecule has 0 radical (unpaired) electrons. The van der Waals surface area contributed by atoms with Crippen LogP contribution >= 0.6 is 0 Å². The summed E-state index contributed by atoms with van der Waals surface area (Å²) in [6.45, 7) is 7.78. The van der Waals surface area contributed by atoms with E-state index in [-0.39, 0.29) is 24.0 Å². The summed E-state index contributed by atoms with van der Waals surface area (Å²) >= 11 is 0. The Labute approximate surface area is 152 Å². The van der Waals surface area contributed by atoms with Crippen LogP contribution in [0.4, 0.5) is 22.0 Å². The van der Waals surface area contributed by atoms with Crippen LogP contribution in [0, 0.1) is 6.92 Å². The minimum absolute atomic E-state index is 0.0297. The first-order valence-electron chi connectivity index (χ1n) is 8.86. The van der Waals surface area contributed by atoms with Gasteiger partial charge in [0.25, 0.3) is 0 Å². The molecule has 1 aromatic carbocycles. The van der Waals surface area contributed by atoms with Crippen molar-refractivity contribution in [2.45, 2.75) is 52.6 Å². The van der Waals surface area contributed by atoms with Gasteiger partial charge in [-0.15, -0.1) is 0 Å². The molecule has 26 heavy (non-hydrogen) atoms. The van der Waals surface area contributed by atoms with E-state index in [1.54, 1.807) is 12.3 Å². The molecule has 1 saturated heterocycles. The molecular formula is C19H25N5O2. The SMILES string of the molecule is Cc1c(N2C(=O)CCC2C)cc(N)c2cnc(NC(=O)NC(C)C)cc12. The Kier molecular flexibility index (Phi) is 4.71. The van der Waals surface area contributed by atoms with Gasteiger partial charge in [0.1, 0.15) is 5.82 Å². The standard InChI is InChI=1S/C19H25N5O2/c1-10(2)22-19(26)23-17-7-13-12(4)16(8-15(20)14(13)9-21-17)24-11(3)5-6-18(24)25/h7-11H,5-6,20H2,1-4H3,(H2,21,22,23,26). The maximum atomic E-state index is 12.3. The van der Waals surface area contributed by atoms with Crippen molar-refractivity contribution >= 4 is 39.9 Å². The topological polar surface area (TPSA) is 100 Å². The smallest absolute Gasteiger partial charge is 0.320 e. The van der Waals surface area contributed by atoms with Crippen LogP contribution in [0.25, 0.3) is 10.8 Å². The fourth-order valence-corrected chi connectivity index (χ4v) is 3.40. The molecule has 7 heteroatoms. The van der Waals surface area contributed by atoms with Crippen molar-refractivity contribution in [2.24, 2.45) is 0 Å². The first-order chi connectivity index (χ1) is 12.3. The number of aromatic nitrogens is 1. The molecule has 138 valence electrons. The third-order valence-electron chi connectivity index (χ3n) is 4.70. The first kappa shape index (κ1) is 18.0. The van der Waals surface area contributed by atoms with Crippen molar-refractivity contribution in [1.29, 1.82) is 0 Å². The molecule has 7 nitrogen and oxygen atoms in total. The van der Waals surface area contributed by atoms with E-state index in [1.807, 2.05) is 38.7 Å². The Bertz CT molecular complexity index is 878. The Hall–Kier alpha value is -2.83. The highest BCUT2D eigenvalue weighted by Gasteiger charge is 2.30. The number of aryl methyl sites for hydroxylation is 1.